The number of nitrogens with one attached hydrogen (secondary N) is 1. The zero-order valence-electron chi connectivity index (χ0n) is 12.8. The van der Waals surface area contributed by atoms with E-state index in [4.69, 9.17) is 0 Å². The molecule has 1 aromatic rings. The van der Waals surface area contributed by atoms with Crippen LogP contribution in [0.1, 0.15) is 45.3 Å². The van der Waals surface area contributed by atoms with Crippen LogP contribution in [0.5, 0.6) is 0 Å². The third kappa shape index (κ3) is 4.34. The van der Waals surface area contributed by atoms with Gasteiger partial charge < -0.3 is 10.2 Å². The van der Waals surface area contributed by atoms with E-state index in [1.807, 2.05) is 0 Å². The lowest BCUT2D eigenvalue weighted by molar-refractivity contribution is 0.189. The Balaban J connectivity index is 2.48. The molecule has 0 saturated carbocycles. The predicted octanol–water partition coefficient (Wildman–Crippen LogP) is 2.87. The van der Waals surface area contributed by atoms with Crippen LogP contribution in [0.4, 0.5) is 0 Å². The summed E-state index contributed by atoms with van der Waals surface area (Å²) in [6, 6.07) is 0. The molecule has 1 heterocycles. The summed E-state index contributed by atoms with van der Waals surface area (Å²) in [6.07, 6.45) is 0. The molecule has 3 nitrogen and oxygen atoms in total. The first-order valence-corrected chi connectivity index (χ1v) is 7.34. The van der Waals surface area contributed by atoms with Crippen LogP contribution in [0.2, 0.25) is 0 Å². The Labute approximate surface area is 116 Å². The monoisotopic (exact) mass is 269 g/mol. The smallest absolute Gasteiger partial charge is 0.0982 e. The van der Waals surface area contributed by atoms with E-state index in [-0.39, 0.29) is 11.0 Å². The Bertz CT molecular complexity index is 375. The summed E-state index contributed by atoms with van der Waals surface area (Å²) in [5.74, 6) is 0. The van der Waals surface area contributed by atoms with E-state index in [9.17, 15) is 0 Å². The molecule has 1 N–H and O–H groups in total. The van der Waals surface area contributed by atoms with Crippen molar-refractivity contribution < 1.29 is 0 Å². The van der Waals surface area contributed by atoms with Gasteiger partial charge in [0, 0.05) is 29.4 Å². The molecular weight excluding hydrogens is 242 g/mol. The second-order valence-electron chi connectivity index (χ2n) is 6.70. The topological polar surface area (TPSA) is 28.2 Å². The number of hydrogen-bond donors (Lipinski definition) is 1. The standard InChI is InChI=1S/C14H27N3S/c1-13(2,3)12-16-11(9-18-12)8-15-10-14(4,5)17(6)7/h9,15H,8,10H2,1-7H3. The van der Waals surface area contributed by atoms with Gasteiger partial charge in [0.25, 0.3) is 0 Å². The molecule has 104 valence electrons. The summed E-state index contributed by atoms with van der Waals surface area (Å²) in [6.45, 7) is 12.9. The maximum Gasteiger partial charge on any atom is 0.0982 e. The van der Waals surface area contributed by atoms with E-state index < -0.39 is 0 Å². The molecule has 0 amide bonds. The van der Waals surface area contributed by atoms with Gasteiger partial charge in [0.15, 0.2) is 0 Å². The highest BCUT2D eigenvalue weighted by atomic mass is 32.1. The van der Waals surface area contributed by atoms with Gasteiger partial charge in [-0.2, -0.15) is 0 Å². The van der Waals surface area contributed by atoms with Crippen LogP contribution in [0, 0.1) is 0 Å². The van der Waals surface area contributed by atoms with Gasteiger partial charge in [-0.1, -0.05) is 20.8 Å². The molecule has 18 heavy (non-hydrogen) atoms. The highest BCUT2D eigenvalue weighted by Gasteiger charge is 2.20. The average molecular weight is 269 g/mol. The molecule has 0 aliphatic rings. The third-order valence-corrected chi connectivity index (χ3v) is 4.58. The van der Waals surface area contributed by atoms with Crippen LogP contribution < -0.4 is 5.32 Å². The highest BCUT2D eigenvalue weighted by molar-refractivity contribution is 7.09. The molecule has 0 bridgehead atoms. The molecular formula is C14H27N3S. The van der Waals surface area contributed by atoms with E-state index in [0.717, 1.165) is 18.8 Å². The molecule has 0 aliphatic carbocycles. The van der Waals surface area contributed by atoms with Gasteiger partial charge in [0.05, 0.1) is 10.7 Å². The fourth-order valence-corrected chi connectivity index (χ4v) is 2.29. The zero-order valence-corrected chi connectivity index (χ0v) is 13.6. The van der Waals surface area contributed by atoms with E-state index >= 15 is 0 Å². The number of hydrogen-bond acceptors (Lipinski definition) is 4. The molecule has 0 unspecified atom stereocenters. The number of likely N-dealkylation sites (N-methyl/N-ethyl adjacent to an activating group) is 1. The number of rotatable bonds is 5. The van der Waals surface area contributed by atoms with E-state index in [1.165, 1.54) is 5.01 Å². The second-order valence-corrected chi connectivity index (χ2v) is 7.56. The Morgan fingerprint density at radius 3 is 2.28 bits per heavy atom. The Kier molecular flexibility index (Phi) is 4.92. The number of thiazole rings is 1. The minimum atomic E-state index is 0.159. The van der Waals surface area contributed by atoms with E-state index in [0.29, 0.717) is 0 Å². The van der Waals surface area contributed by atoms with E-state index in [2.05, 4.69) is 69.3 Å². The summed E-state index contributed by atoms with van der Waals surface area (Å²) in [4.78, 5) is 6.93. The van der Waals surface area contributed by atoms with Crippen LogP contribution >= 0.6 is 11.3 Å². The van der Waals surface area contributed by atoms with Crippen molar-refractivity contribution in [1.82, 2.24) is 15.2 Å². The summed E-state index contributed by atoms with van der Waals surface area (Å²) in [5, 5.41) is 6.87. The molecule has 0 spiro atoms. The van der Waals surface area contributed by atoms with Crippen molar-refractivity contribution in [2.24, 2.45) is 0 Å². The minimum absolute atomic E-state index is 0.159. The zero-order chi connectivity index (χ0) is 14.0. The lowest BCUT2D eigenvalue weighted by Crippen LogP contribution is -2.46. The van der Waals surface area contributed by atoms with Crippen molar-refractivity contribution in [2.75, 3.05) is 20.6 Å². The van der Waals surface area contributed by atoms with Gasteiger partial charge in [-0.05, 0) is 27.9 Å². The van der Waals surface area contributed by atoms with Gasteiger partial charge >= 0.3 is 0 Å². The number of aromatic nitrogens is 1. The molecule has 0 aliphatic heterocycles. The van der Waals surface area contributed by atoms with Gasteiger partial charge in [-0.3, -0.25) is 0 Å². The molecule has 0 atom stereocenters. The van der Waals surface area contributed by atoms with Crippen molar-refractivity contribution >= 4 is 11.3 Å². The quantitative estimate of drug-likeness (QED) is 0.891. The third-order valence-electron chi connectivity index (χ3n) is 3.27. The first-order valence-electron chi connectivity index (χ1n) is 6.46. The molecule has 1 aromatic heterocycles. The van der Waals surface area contributed by atoms with Crippen molar-refractivity contribution in [3.8, 4) is 0 Å². The predicted molar refractivity (Wildman–Crippen MR) is 80.3 cm³/mol. The SMILES string of the molecule is CN(C)C(C)(C)CNCc1csc(C(C)(C)C)n1. The molecule has 4 heteroatoms. The van der Waals surface area contributed by atoms with Crippen molar-refractivity contribution in [3.63, 3.8) is 0 Å². The average Bonchev–Trinajstić information content (AvgIpc) is 2.65. The van der Waals surface area contributed by atoms with Gasteiger partial charge in [-0.25, -0.2) is 4.98 Å². The largest absolute Gasteiger partial charge is 0.309 e. The Morgan fingerprint density at radius 1 is 1.22 bits per heavy atom. The fraction of sp³-hybridized carbons (Fsp3) is 0.786. The van der Waals surface area contributed by atoms with Gasteiger partial charge in [-0.15, -0.1) is 11.3 Å². The summed E-state index contributed by atoms with van der Waals surface area (Å²) in [5.41, 5.74) is 1.48. The lowest BCUT2D eigenvalue weighted by Gasteiger charge is -2.32. The first-order chi connectivity index (χ1) is 8.13. The summed E-state index contributed by atoms with van der Waals surface area (Å²) < 4.78 is 0. The van der Waals surface area contributed by atoms with Gasteiger partial charge in [0.1, 0.15) is 0 Å². The Morgan fingerprint density at radius 2 is 1.83 bits per heavy atom. The second kappa shape index (κ2) is 5.68. The lowest BCUT2D eigenvalue weighted by atomic mass is 9.98. The first kappa shape index (κ1) is 15.6. The molecule has 0 aromatic carbocycles. The van der Waals surface area contributed by atoms with Crippen molar-refractivity contribution in [1.29, 1.82) is 0 Å². The highest BCUT2D eigenvalue weighted by Crippen LogP contribution is 2.25. The van der Waals surface area contributed by atoms with Crippen LogP contribution in [0.3, 0.4) is 0 Å². The molecule has 0 saturated heterocycles. The van der Waals surface area contributed by atoms with E-state index in [1.54, 1.807) is 11.3 Å². The van der Waals surface area contributed by atoms with Crippen molar-refractivity contribution in [3.05, 3.63) is 16.1 Å². The van der Waals surface area contributed by atoms with Crippen LogP contribution in [-0.4, -0.2) is 36.1 Å². The summed E-state index contributed by atoms with van der Waals surface area (Å²) >= 11 is 1.76. The maximum absolute atomic E-state index is 4.69. The fourth-order valence-electron chi connectivity index (χ4n) is 1.39. The molecule has 0 fully saturated rings. The van der Waals surface area contributed by atoms with Crippen LogP contribution in [-0.2, 0) is 12.0 Å². The van der Waals surface area contributed by atoms with Crippen LogP contribution in [0.25, 0.3) is 0 Å². The minimum Gasteiger partial charge on any atom is -0.309 e. The Hall–Kier alpha value is -0.450. The van der Waals surface area contributed by atoms with Crippen LogP contribution in [0.15, 0.2) is 5.38 Å². The van der Waals surface area contributed by atoms with Gasteiger partial charge in [0.2, 0.25) is 0 Å². The number of nitrogens with zero attached hydrogens (tertiary/aromatic N) is 2. The maximum atomic E-state index is 4.69. The van der Waals surface area contributed by atoms with Crippen molar-refractivity contribution in [2.45, 2.75) is 52.1 Å². The normalized spacial score (nSPS) is 13.3. The molecule has 1 rings (SSSR count). The molecule has 0 radical (unpaired) electrons. The summed E-state index contributed by atoms with van der Waals surface area (Å²) in [7, 11) is 4.23.